The van der Waals surface area contributed by atoms with Gasteiger partial charge in [0.2, 0.25) is 0 Å². The van der Waals surface area contributed by atoms with Crippen LogP contribution in [-0.2, 0) is 20.3 Å². The minimum atomic E-state index is -3.66. The van der Waals surface area contributed by atoms with Crippen LogP contribution in [0.5, 0.6) is 0 Å². The molecule has 0 saturated carbocycles. The molecule has 8 nitrogen and oxygen atoms in total. The van der Waals surface area contributed by atoms with E-state index in [9.17, 15) is 13.2 Å². The summed E-state index contributed by atoms with van der Waals surface area (Å²) in [7, 11) is -3.66. The van der Waals surface area contributed by atoms with Crippen LogP contribution in [0.2, 0.25) is 5.02 Å². The van der Waals surface area contributed by atoms with Gasteiger partial charge in [0.25, 0.3) is 0 Å². The summed E-state index contributed by atoms with van der Waals surface area (Å²) < 4.78 is 34.5. The van der Waals surface area contributed by atoms with Crippen LogP contribution < -0.4 is 5.32 Å². The normalized spacial score (nSPS) is 11.4. The zero-order chi connectivity index (χ0) is 18.3. The van der Waals surface area contributed by atoms with E-state index in [0.717, 1.165) is 0 Å². The summed E-state index contributed by atoms with van der Waals surface area (Å²) in [5, 5.41) is 6.57. The predicted molar refractivity (Wildman–Crippen MR) is 90.1 cm³/mol. The van der Waals surface area contributed by atoms with Crippen molar-refractivity contribution in [3.8, 4) is 0 Å². The van der Waals surface area contributed by atoms with Gasteiger partial charge < -0.3 is 14.6 Å². The third-order valence-corrected chi connectivity index (χ3v) is 4.99. The maximum absolute atomic E-state index is 12.3. The van der Waals surface area contributed by atoms with E-state index in [2.05, 4.69) is 15.5 Å². The van der Waals surface area contributed by atoms with Crippen LogP contribution in [0.1, 0.15) is 29.9 Å². The van der Waals surface area contributed by atoms with E-state index in [4.69, 9.17) is 20.9 Å². The quantitative estimate of drug-likeness (QED) is 0.653. The molecule has 0 aliphatic heterocycles. The van der Waals surface area contributed by atoms with Gasteiger partial charge in [-0.1, -0.05) is 16.8 Å². The van der Waals surface area contributed by atoms with Gasteiger partial charge in [0, 0.05) is 24.8 Å². The van der Waals surface area contributed by atoms with Crippen molar-refractivity contribution in [1.29, 1.82) is 0 Å². The number of amides is 1. The van der Waals surface area contributed by atoms with Crippen LogP contribution in [0.15, 0.2) is 33.7 Å². The Morgan fingerprint density at radius 2 is 2.04 bits per heavy atom. The van der Waals surface area contributed by atoms with E-state index >= 15 is 0 Å². The fraction of sp³-hybridized carbons (Fsp3) is 0.400. The number of nitrogens with one attached hydrogen (secondary N) is 1. The lowest BCUT2D eigenvalue weighted by molar-refractivity contribution is 0.0901. The number of carbonyl (C=O) groups is 1. The van der Waals surface area contributed by atoms with Crippen molar-refractivity contribution in [2.45, 2.75) is 24.0 Å². The van der Waals surface area contributed by atoms with E-state index in [1.165, 1.54) is 24.3 Å². The molecule has 0 aliphatic carbocycles. The Bertz CT molecular complexity index is 805. The molecule has 1 aromatic carbocycles. The zero-order valence-corrected chi connectivity index (χ0v) is 15.1. The van der Waals surface area contributed by atoms with Crippen LogP contribution in [-0.4, -0.2) is 44.2 Å². The zero-order valence-electron chi connectivity index (χ0n) is 13.6. The number of sulfone groups is 1. The van der Waals surface area contributed by atoms with Crippen LogP contribution in [0.3, 0.4) is 0 Å². The molecule has 0 unspecified atom stereocenters. The topological polar surface area (TPSA) is 111 Å². The van der Waals surface area contributed by atoms with E-state index in [0.29, 0.717) is 31.2 Å². The average molecular weight is 388 g/mol. The summed E-state index contributed by atoms with van der Waals surface area (Å²) in [4.78, 5) is 15.8. The van der Waals surface area contributed by atoms with Gasteiger partial charge in [-0.3, -0.25) is 4.79 Å². The second-order valence-electron chi connectivity index (χ2n) is 5.04. The summed E-state index contributed by atoms with van der Waals surface area (Å²) in [6.45, 7) is 3.42. The fourth-order valence-electron chi connectivity index (χ4n) is 1.90. The van der Waals surface area contributed by atoms with Crippen molar-refractivity contribution < 1.29 is 22.5 Å². The molecule has 10 heteroatoms. The minimum absolute atomic E-state index is 0.0867. The Balaban J connectivity index is 1.94. The second-order valence-corrected chi connectivity index (χ2v) is 7.46. The fourth-order valence-corrected chi connectivity index (χ4v) is 3.20. The maximum atomic E-state index is 12.3. The Labute approximate surface area is 150 Å². The summed E-state index contributed by atoms with van der Waals surface area (Å²) in [6, 6.07) is 5.74. The smallest absolute Gasteiger partial charge is 0.315 e. The van der Waals surface area contributed by atoms with Gasteiger partial charge >= 0.3 is 11.8 Å². The number of nitrogens with zero attached hydrogens (tertiary/aromatic N) is 2. The predicted octanol–water partition coefficient (Wildman–Crippen LogP) is 1.85. The molecule has 0 aliphatic rings. The average Bonchev–Trinajstić information content (AvgIpc) is 3.02. The standard InChI is InChI=1S/C15H18ClN3O5S/c1-2-23-9-3-8-17-14(20)15-18-13(19-24-15)10-25(21,22)12-6-4-11(16)5-7-12/h4-7H,2-3,8-10H2,1H3,(H,17,20). The third-order valence-electron chi connectivity index (χ3n) is 3.11. The van der Waals surface area contributed by atoms with Gasteiger partial charge in [-0.25, -0.2) is 8.42 Å². The summed E-state index contributed by atoms with van der Waals surface area (Å²) in [6.07, 6.45) is 0.644. The number of hydrogen-bond donors (Lipinski definition) is 1. The molecule has 1 amide bonds. The van der Waals surface area contributed by atoms with Crippen LogP contribution in [0.4, 0.5) is 0 Å². The van der Waals surface area contributed by atoms with Crippen molar-refractivity contribution in [2.75, 3.05) is 19.8 Å². The molecule has 136 valence electrons. The van der Waals surface area contributed by atoms with Gasteiger partial charge in [0.05, 0.1) is 4.90 Å². The Morgan fingerprint density at radius 3 is 2.72 bits per heavy atom. The number of halogens is 1. The number of benzene rings is 1. The first-order valence-corrected chi connectivity index (χ1v) is 9.62. The highest BCUT2D eigenvalue weighted by Crippen LogP contribution is 2.18. The molecule has 1 N–H and O–H groups in total. The molecule has 0 saturated heterocycles. The first-order valence-electron chi connectivity index (χ1n) is 7.59. The van der Waals surface area contributed by atoms with E-state index in [1.807, 2.05) is 6.92 Å². The Morgan fingerprint density at radius 1 is 1.32 bits per heavy atom. The Kier molecular flexibility index (Phi) is 6.91. The molecule has 0 atom stereocenters. The molecule has 1 heterocycles. The largest absolute Gasteiger partial charge is 0.382 e. The highest BCUT2D eigenvalue weighted by atomic mass is 35.5. The van der Waals surface area contributed by atoms with Crippen molar-refractivity contribution in [1.82, 2.24) is 15.5 Å². The van der Waals surface area contributed by atoms with Crippen LogP contribution in [0.25, 0.3) is 0 Å². The van der Waals surface area contributed by atoms with Gasteiger partial charge in [-0.15, -0.1) is 0 Å². The first kappa shape index (κ1) is 19.4. The van der Waals surface area contributed by atoms with Crippen LogP contribution in [0, 0.1) is 0 Å². The molecular weight excluding hydrogens is 370 g/mol. The lowest BCUT2D eigenvalue weighted by Crippen LogP contribution is -2.25. The van der Waals surface area contributed by atoms with Crippen molar-refractivity contribution in [3.63, 3.8) is 0 Å². The third kappa shape index (κ3) is 5.80. The van der Waals surface area contributed by atoms with Crippen molar-refractivity contribution in [3.05, 3.63) is 41.0 Å². The highest BCUT2D eigenvalue weighted by molar-refractivity contribution is 7.90. The molecule has 0 fully saturated rings. The molecule has 25 heavy (non-hydrogen) atoms. The van der Waals surface area contributed by atoms with Gasteiger partial charge in [0.15, 0.2) is 15.7 Å². The molecular formula is C15H18ClN3O5S. The second kappa shape index (κ2) is 8.93. The lowest BCUT2D eigenvalue weighted by Gasteiger charge is -2.02. The molecule has 1 aromatic heterocycles. The van der Waals surface area contributed by atoms with Gasteiger partial charge in [-0.05, 0) is 37.6 Å². The van der Waals surface area contributed by atoms with Gasteiger partial charge in [0.1, 0.15) is 5.75 Å². The number of rotatable bonds is 9. The molecule has 2 rings (SSSR count). The Hall–Kier alpha value is -1.97. The SMILES string of the molecule is CCOCCCNC(=O)c1nc(CS(=O)(=O)c2ccc(Cl)cc2)no1. The number of hydrogen-bond acceptors (Lipinski definition) is 7. The summed E-state index contributed by atoms with van der Waals surface area (Å²) in [5.74, 6) is -1.40. The minimum Gasteiger partial charge on any atom is -0.382 e. The number of aromatic nitrogens is 2. The molecule has 0 bridgehead atoms. The molecule has 0 radical (unpaired) electrons. The first-order chi connectivity index (χ1) is 11.9. The molecule has 0 spiro atoms. The van der Waals surface area contributed by atoms with E-state index in [1.54, 1.807) is 0 Å². The van der Waals surface area contributed by atoms with E-state index < -0.39 is 21.5 Å². The number of carbonyl (C=O) groups excluding carboxylic acids is 1. The van der Waals surface area contributed by atoms with Crippen molar-refractivity contribution in [2.24, 2.45) is 0 Å². The van der Waals surface area contributed by atoms with E-state index in [-0.39, 0.29) is 16.6 Å². The monoisotopic (exact) mass is 387 g/mol. The maximum Gasteiger partial charge on any atom is 0.315 e. The van der Waals surface area contributed by atoms with Crippen LogP contribution >= 0.6 is 11.6 Å². The lowest BCUT2D eigenvalue weighted by atomic mass is 10.4. The summed E-state index contributed by atoms with van der Waals surface area (Å²) >= 11 is 5.74. The summed E-state index contributed by atoms with van der Waals surface area (Å²) in [5.41, 5.74) is 0. The highest BCUT2D eigenvalue weighted by Gasteiger charge is 2.21. The van der Waals surface area contributed by atoms with Gasteiger partial charge in [-0.2, -0.15) is 4.98 Å². The van der Waals surface area contributed by atoms with Crippen molar-refractivity contribution >= 4 is 27.3 Å². The molecule has 2 aromatic rings. The number of ether oxygens (including phenoxy) is 1.